The summed E-state index contributed by atoms with van der Waals surface area (Å²) in [5.41, 5.74) is 1.78. The van der Waals surface area contributed by atoms with E-state index >= 15 is 0 Å². The minimum absolute atomic E-state index is 0.137. The van der Waals surface area contributed by atoms with Gasteiger partial charge >= 0.3 is 0 Å². The first-order valence-corrected chi connectivity index (χ1v) is 8.19. The number of hydrogen-bond donors (Lipinski definition) is 2. The Morgan fingerprint density at radius 2 is 1.88 bits per heavy atom. The van der Waals surface area contributed by atoms with Crippen LogP contribution in [-0.4, -0.2) is 11.9 Å². The van der Waals surface area contributed by atoms with Crippen molar-refractivity contribution in [3.05, 3.63) is 63.6 Å². The summed E-state index contributed by atoms with van der Waals surface area (Å²) in [5, 5.41) is 16.1. The van der Waals surface area contributed by atoms with Gasteiger partial charge in [-0.1, -0.05) is 41.4 Å². The Morgan fingerprint density at radius 1 is 1.17 bits per heavy atom. The molecule has 2 aromatic carbocycles. The predicted molar refractivity (Wildman–Crippen MR) is 97.3 cm³/mol. The highest BCUT2D eigenvalue weighted by molar-refractivity contribution is 6.35. The summed E-state index contributed by atoms with van der Waals surface area (Å²) < 4.78 is 0. The maximum absolute atomic E-state index is 12.3. The van der Waals surface area contributed by atoms with E-state index in [0.29, 0.717) is 21.3 Å². The lowest BCUT2D eigenvalue weighted by Crippen LogP contribution is -2.39. The van der Waals surface area contributed by atoms with Crippen LogP contribution in [0.15, 0.2) is 42.5 Å². The summed E-state index contributed by atoms with van der Waals surface area (Å²) in [4.78, 5) is 12.3. The minimum Gasteiger partial charge on any atom is -0.324 e. The van der Waals surface area contributed by atoms with E-state index in [1.807, 2.05) is 13.0 Å². The number of carbonyl (C=O) groups excluding carboxylic acids is 1. The van der Waals surface area contributed by atoms with E-state index in [1.54, 1.807) is 43.3 Å². The standard InChI is InChI=1S/C18H17Cl2N3O/c1-11(15-8-7-14(19)9-16(15)20)22-12(2)18(24)23-17-6-4-3-5-13(17)10-21/h3-9,11-12,22H,1-2H3,(H,23,24)/t11-,12+/m0/s1. The van der Waals surface area contributed by atoms with Crippen molar-refractivity contribution in [3.8, 4) is 6.07 Å². The number of nitrogens with one attached hydrogen (secondary N) is 2. The van der Waals surface area contributed by atoms with Gasteiger partial charge in [-0.15, -0.1) is 0 Å². The molecule has 6 heteroatoms. The molecular formula is C18H17Cl2N3O. The van der Waals surface area contributed by atoms with E-state index < -0.39 is 6.04 Å². The smallest absolute Gasteiger partial charge is 0.241 e. The Labute approximate surface area is 151 Å². The van der Waals surface area contributed by atoms with Gasteiger partial charge in [0.1, 0.15) is 6.07 Å². The number of nitriles is 1. The quantitative estimate of drug-likeness (QED) is 0.821. The first-order chi connectivity index (χ1) is 11.4. The molecule has 0 saturated carbocycles. The minimum atomic E-state index is -0.474. The molecule has 0 spiro atoms. The van der Waals surface area contributed by atoms with Crippen molar-refractivity contribution in [2.24, 2.45) is 0 Å². The average Bonchev–Trinajstić information content (AvgIpc) is 2.55. The van der Waals surface area contributed by atoms with E-state index in [1.165, 1.54) is 0 Å². The van der Waals surface area contributed by atoms with Gasteiger partial charge in [0.2, 0.25) is 5.91 Å². The molecule has 0 unspecified atom stereocenters. The van der Waals surface area contributed by atoms with Crippen LogP contribution in [0.4, 0.5) is 5.69 Å². The van der Waals surface area contributed by atoms with Crippen LogP contribution >= 0.6 is 23.2 Å². The third kappa shape index (κ3) is 4.48. The van der Waals surface area contributed by atoms with Gasteiger partial charge in [0.25, 0.3) is 0 Å². The van der Waals surface area contributed by atoms with E-state index in [2.05, 4.69) is 16.7 Å². The van der Waals surface area contributed by atoms with Crippen LogP contribution in [0.3, 0.4) is 0 Å². The Hall–Kier alpha value is -2.06. The monoisotopic (exact) mass is 361 g/mol. The fourth-order valence-corrected chi connectivity index (χ4v) is 2.90. The highest BCUT2D eigenvalue weighted by Gasteiger charge is 2.18. The average molecular weight is 362 g/mol. The van der Waals surface area contributed by atoms with E-state index in [4.69, 9.17) is 28.5 Å². The summed E-state index contributed by atoms with van der Waals surface area (Å²) in [6.07, 6.45) is 0. The van der Waals surface area contributed by atoms with Crippen LogP contribution in [0.2, 0.25) is 10.0 Å². The highest BCUT2D eigenvalue weighted by atomic mass is 35.5. The lowest BCUT2D eigenvalue weighted by Gasteiger charge is -2.21. The second kappa shape index (κ2) is 8.16. The number of carbonyl (C=O) groups is 1. The molecule has 0 aliphatic carbocycles. The number of anilines is 1. The van der Waals surface area contributed by atoms with Crippen LogP contribution in [0.25, 0.3) is 0 Å². The zero-order valence-corrected chi connectivity index (χ0v) is 14.8. The maximum Gasteiger partial charge on any atom is 0.241 e. The normalized spacial score (nSPS) is 13.0. The van der Waals surface area contributed by atoms with E-state index in [-0.39, 0.29) is 11.9 Å². The van der Waals surface area contributed by atoms with Gasteiger partial charge in [-0.2, -0.15) is 5.26 Å². The topological polar surface area (TPSA) is 64.9 Å². The SMILES string of the molecule is C[C@H](N[C@H](C)C(=O)Nc1ccccc1C#N)c1ccc(Cl)cc1Cl. The molecule has 0 radical (unpaired) electrons. The van der Waals surface area contributed by atoms with Crippen molar-refractivity contribution in [2.45, 2.75) is 25.9 Å². The number of halogens is 2. The first-order valence-electron chi connectivity index (χ1n) is 7.43. The van der Waals surface area contributed by atoms with Crippen molar-refractivity contribution in [1.29, 1.82) is 5.26 Å². The van der Waals surface area contributed by atoms with Crippen molar-refractivity contribution >= 4 is 34.8 Å². The lowest BCUT2D eigenvalue weighted by molar-refractivity contribution is -0.117. The molecule has 1 amide bonds. The molecule has 0 aromatic heterocycles. The summed E-state index contributed by atoms with van der Waals surface area (Å²) >= 11 is 12.1. The zero-order chi connectivity index (χ0) is 17.7. The second-order valence-corrected chi connectivity index (χ2v) is 6.27. The summed E-state index contributed by atoms with van der Waals surface area (Å²) in [6, 6.07) is 13.6. The first kappa shape index (κ1) is 18.3. The molecule has 24 heavy (non-hydrogen) atoms. The Morgan fingerprint density at radius 3 is 2.54 bits per heavy atom. The van der Waals surface area contributed by atoms with Crippen molar-refractivity contribution in [1.82, 2.24) is 5.32 Å². The molecule has 0 fully saturated rings. The molecule has 0 heterocycles. The van der Waals surface area contributed by atoms with Crippen LogP contribution in [0.5, 0.6) is 0 Å². The summed E-state index contributed by atoms with van der Waals surface area (Å²) in [7, 11) is 0. The van der Waals surface area contributed by atoms with Gasteiger partial charge in [0.15, 0.2) is 0 Å². The largest absolute Gasteiger partial charge is 0.324 e. The van der Waals surface area contributed by atoms with Crippen LogP contribution in [0.1, 0.15) is 31.0 Å². The maximum atomic E-state index is 12.3. The van der Waals surface area contributed by atoms with Crippen LogP contribution < -0.4 is 10.6 Å². The molecule has 2 rings (SSSR count). The van der Waals surface area contributed by atoms with Gasteiger partial charge in [-0.3, -0.25) is 10.1 Å². The van der Waals surface area contributed by atoms with Gasteiger partial charge in [0, 0.05) is 16.1 Å². The van der Waals surface area contributed by atoms with Crippen molar-refractivity contribution in [2.75, 3.05) is 5.32 Å². The van der Waals surface area contributed by atoms with Gasteiger partial charge in [-0.05, 0) is 43.7 Å². The Bertz CT molecular complexity index is 786. The number of hydrogen-bond acceptors (Lipinski definition) is 3. The Kier molecular flexibility index (Phi) is 6.22. The van der Waals surface area contributed by atoms with Gasteiger partial charge < -0.3 is 5.32 Å². The molecule has 2 N–H and O–H groups in total. The summed E-state index contributed by atoms with van der Waals surface area (Å²) in [6.45, 7) is 3.67. The number of rotatable bonds is 5. The fraction of sp³-hybridized carbons (Fsp3) is 0.222. The zero-order valence-electron chi connectivity index (χ0n) is 13.3. The molecule has 4 nitrogen and oxygen atoms in total. The van der Waals surface area contributed by atoms with Crippen LogP contribution in [-0.2, 0) is 4.79 Å². The molecule has 2 atom stereocenters. The fourth-order valence-electron chi connectivity index (χ4n) is 2.32. The number of para-hydroxylation sites is 1. The molecule has 0 aliphatic heterocycles. The third-order valence-corrected chi connectivity index (χ3v) is 4.19. The molecule has 0 bridgehead atoms. The molecule has 124 valence electrons. The summed E-state index contributed by atoms with van der Waals surface area (Å²) in [5.74, 6) is -0.227. The number of amides is 1. The highest BCUT2D eigenvalue weighted by Crippen LogP contribution is 2.26. The number of nitrogens with zero attached hydrogens (tertiary/aromatic N) is 1. The predicted octanol–water partition coefficient (Wildman–Crippen LogP) is 4.54. The molecular weight excluding hydrogens is 345 g/mol. The molecule has 2 aromatic rings. The molecule has 0 saturated heterocycles. The van der Waals surface area contributed by atoms with E-state index in [9.17, 15) is 4.79 Å². The van der Waals surface area contributed by atoms with Crippen molar-refractivity contribution in [3.63, 3.8) is 0 Å². The molecule has 0 aliphatic rings. The van der Waals surface area contributed by atoms with E-state index in [0.717, 1.165) is 5.56 Å². The van der Waals surface area contributed by atoms with Gasteiger partial charge in [-0.25, -0.2) is 0 Å². The van der Waals surface area contributed by atoms with Crippen LogP contribution in [0, 0.1) is 11.3 Å². The Balaban J connectivity index is 2.04. The number of benzene rings is 2. The second-order valence-electron chi connectivity index (χ2n) is 5.42. The van der Waals surface area contributed by atoms with Gasteiger partial charge in [0.05, 0.1) is 17.3 Å². The third-order valence-electron chi connectivity index (χ3n) is 3.63. The lowest BCUT2D eigenvalue weighted by atomic mass is 10.1. The van der Waals surface area contributed by atoms with Crippen molar-refractivity contribution < 1.29 is 4.79 Å².